The number of amides is 3. The Bertz CT molecular complexity index is 1150. The van der Waals surface area contributed by atoms with Gasteiger partial charge < -0.3 is 19.5 Å². The lowest BCUT2D eigenvalue weighted by Crippen LogP contribution is -2.50. The predicted molar refractivity (Wildman–Crippen MR) is 141 cm³/mol. The number of benzene rings is 2. The minimum absolute atomic E-state index is 0.241. The number of anilines is 1. The molecule has 0 aliphatic carbocycles. The van der Waals surface area contributed by atoms with Gasteiger partial charge in [0.2, 0.25) is 0 Å². The first kappa shape index (κ1) is 27.3. The van der Waals surface area contributed by atoms with Crippen molar-refractivity contribution in [1.82, 2.24) is 10.2 Å². The van der Waals surface area contributed by atoms with Crippen molar-refractivity contribution >= 4 is 24.1 Å². The van der Waals surface area contributed by atoms with E-state index in [0.717, 1.165) is 11.1 Å². The fourth-order valence-electron chi connectivity index (χ4n) is 4.40. The normalized spacial score (nSPS) is 16.8. The monoisotopic (exact) mass is 507 g/mol. The molecule has 9 nitrogen and oxygen atoms in total. The number of nitrogens with one attached hydrogen (secondary N) is 1. The predicted octanol–water partition coefficient (Wildman–Crippen LogP) is 4.98. The second kappa shape index (κ2) is 13.2. The zero-order valence-electron chi connectivity index (χ0n) is 21.5. The van der Waals surface area contributed by atoms with Crippen molar-refractivity contribution in [1.29, 1.82) is 0 Å². The number of methoxy groups -OCH3 is 2. The summed E-state index contributed by atoms with van der Waals surface area (Å²) in [6.07, 6.45) is 6.54. The highest BCUT2D eigenvalue weighted by Crippen LogP contribution is 2.46. The van der Waals surface area contributed by atoms with E-state index in [1.807, 2.05) is 43.3 Å². The highest BCUT2D eigenvalue weighted by molar-refractivity contribution is 5.95. The summed E-state index contributed by atoms with van der Waals surface area (Å²) in [4.78, 5) is 40.2. The summed E-state index contributed by atoms with van der Waals surface area (Å²) in [5, 5.41) is 2.74. The van der Waals surface area contributed by atoms with E-state index in [1.165, 1.54) is 25.5 Å². The van der Waals surface area contributed by atoms with Gasteiger partial charge in [0.05, 0.1) is 32.6 Å². The molecule has 0 radical (unpaired) electrons. The number of rotatable bonds is 9. The number of aldehydes is 1. The van der Waals surface area contributed by atoms with Gasteiger partial charge in [-0.1, -0.05) is 36.4 Å². The molecule has 1 aliphatic heterocycles. The number of hydrogen-bond donors (Lipinski definition) is 1. The zero-order chi connectivity index (χ0) is 26.8. The van der Waals surface area contributed by atoms with E-state index in [1.54, 1.807) is 36.0 Å². The molecule has 1 aliphatic rings. The molecule has 0 saturated heterocycles. The molecule has 2 aromatic rings. The number of urea groups is 1. The maximum absolute atomic E-state index is 13.3. The van der Waals surface area contributed by atoms with Gasteiger partial charge in [-0.25, -0.2) is 9.59 Å². The third kappa shape index (κ3) is 6.49. The Balaban J connectivity index is 2.08. The Hall–Kier alpha value is -4.27. The van der Waals surface area contributed by atoms with E-state index in [4.69, 9.17) is 14.2 Å². The van der Waals surface area contributed by atoms with Crippen LogP contribution in [0.4, 0.5) is 15.3 Å². The molecule has 9 heteroatoms. The van der Waals surface area contributed by atoms with Gasteiger partial charge in [0.1, 0.15) is 6.29 Å². The quantitative estimate of drug-likeness (QED) is 0.292. The van der Waals surface area contributed by atoms with Crippen molar-refractivity contribution in [3.63, 3.8) is 0 Å². The van der Waals surface area contributed by atoms with Gasteiger partial charge in [-0.3, -0.25) is 14.6 Å². The molecule has 3 amide bonds. The Morgan fingerprint density at radius 3 is 2.43 bits per heavy atom. The highest BCUT2D eigenvalue weighted by atomic mass is 16.6. The maximum atomic E-state index is 13.3. The second-order valence-corrected chi connectivity index (χ2v) is 8.38. The maximum Gasteiger partial charge on any atom is 0.410 e. The highest BCUT2D eigenvalue weighted by Gasteiger charge is 2.39. The number of ether oxygens (including phenoxy) is 3. The van der Waals surface area contributed by atoms with Gasteiger partial charge in [0, 0.05) is 30.4 Å². The SMILES string of the molecule is CCOC(=O)N(Cc1ccccc1)[C@@H]1C[C@H](C)N(C(=O)NC=CC=CC=O)c2cc(OC)c(OC)cc21. The van der Waals surface area contributed by atoms with Crippen LogP contribution in [0.25, 0.3) is 0 Å². The summed E-state index contributed by atoms with van der Waals surface area (Å²) in [6.45, 7) is 4.27. The van der Waals surface area contributed by atoms with Crippen LogP contribution >= 0.6 is 0 Å². The topological polar surface area (TPSA) is 97.4 Å². The Morgan fingerprint density at radius 2 is 1.78 bits per heavy atom. The van der Waals surface area contributed by atoms with Gasteiger partial charge in [-0.05, 0) is 44.1 Å². The first-order valence-corrected chi connectivity index (χ1v) is 12.0. The largest absolute Gasteiger partial charge is 0.493 e. The van der Waals surface area contributed by atoms with E-state index >= 15 is 0 Å². The lowest BCUT2D eigenvalue weighted by Gasteiger charge is -2.43. The Morgan fingerprint density at radius 1 is 1.08 bits per heavy atom. The van der Waals surface area contributed by atoms with Crippen molar-refractivity contribution in [3.05, 3.63) is 78.0 Å². The molecule has 0 fully saturated rings. The van der Waals surface area contributed by atoms with Crippen molar-refractivity contribution in [2.24, 2.45) is 0 Å². The van der Waals surface area contributed by atoms with Gasteiger partial charge in [-0.15, -0.1) is 0 Å². The fourth-order valence-corrected chi connectivity index (χ4v) is 4.40. The summed E-state index contributed by atoms with van der Waals surface area (Å²) in [7, 11) is 3.07. The minimum atomic E-state index is -0.438. The average Bonchev–Trinajstić information content (AvgIpc) is 2.91. The molecule has 2 atom stereocenters. The van der Waals surface area contributed by atoms with Crippen LogP contribution in [0.15, 0.2) is 66.9 Å². The molecule has 1 heterocycles. The van der Waals surface area contributed by atoms with Crippen LogP contribution in [0.1, 0.15) is 37.4 Å². The van der Waals surface area contributed by atoms with Gasteiger partial charge in [0.15, 0.2) is 11.5 Å². The molecule has 0 saturated carbocycles. The first-order valence-electron chi connectivity index (χ1n) is 12.0. The van der Waals surface area contributed by atoms with Gasteiger partial charge >= 0.3 is 12.1 Å². The van der Waals surface area contributed by atoms with E-state index in [2.05, 4.69) is 5.32 Å². The summed E-state index contributed by atoms with van der Waals surface area (Å²) in [5.41, 5.74) is 2.29. The molecule has 0 spiro atoms. The molecule has 0 unspecified atom stereocenters. The molecule has 2 aromatic carbocycles. The van der Waals surface area contributed by atoms with E-state index in [9.17, 15) is 14.4 Å². The molecular formula is C28H33N3O6. The fraction of sp³-hybridized carbons (Fsp3) is 0.321. The molecule has 3 rings (SSSR count). The number of nitrogens with zero attached hydrogens (tertiary/aromatic N) is 2. The van der Waals surface area contributed by atoms with Crippen molar-refractivity contribution in [2.45, 2.75) is 38.9 Å². The van der Waals surface area contributed by atoms with Crippen LogP contribution in [0, 0.1) is 0 Å². The van der Waals surface area contributed by atoms with Crippen LogP contribution in [0.5, 0.6) is 11.5 Å². The smallest absolute Gasteiger partial charge is 0.410 e. The van der Waals surface area contributed by atoms with Crippen LogP contribution in [-0.4, -0.2) is 50.2 Å². The lowest BCUT2D eigenvalue weighted by molar-refractivity contribution is -0.104. The summed E-state index contributed by atoms with van der Waals surface area (Å²) in [5.74, 6) is 0.950. The number of carbonyl (C=O) groups is 3. The summed E-state index contributed by atoms with van der Waals surface area (Å²) in [6, 6.07) is 12.2. The van der Waals surface area contributed by atoms with Crippen LogP contribution in [0.3, 0.4) is 0 Å². The average molecular weight is 508 g/mol. The molecule has 0 aromatic heterocycles. The molecule has 0 bridgehead atoms. The Labute approximate surface area is 217 Å². The van der Waals surface area contributed by atoms with Gasteiger partial charge in [-0.2, -0.15) is 0 Å². The first-order chi connectivity index (χ1) is 17.9. The number of carbonyl (C=O) groups excluding carboxylic acids is 3. The molecule has 37 heavy (non-hydrogen) atoms. The molecule has 196 valence electrons. The number of fused-ring (bicyclic) bond motifs is 1. The molecular weight excluding hydrogens is 474 g/mol. The second-order valence-electron chi connectivity index (χ2n) is 8.38. The van der Waals surface area contributed by atoms with Crippen LogP contribution in [-0.2, 0) is 16.1 Å². The van der Waals surface area contributed by atoms with Crippen LogP contribution in [0.2, 0.25) is 0 Å². The van der Waals surface area contributed by atoms with Crippen molar-refractivity contribution < 1.29 is 28.6 Å². The van der Waals surface area contributed by atoms with Gasteiger partial charge in [0.25, 0.3) is 0 Å². The molecule has 1 N–H and O–H groups in total. The zero-order valence-corrected chi connectivity index (χ0v) is 21.5. The standard InChI is InChI=1S/C28H33N3O6/c1-5-37-28(34)30(19-21-12-8-6-9-13-21)23-16-20(2)31(27(33)29-14-10-7-11-15-32)24-18-26(36-4)25(35-3)17-22(23)24/h6-15,17-18,20,23H,5,16,19H2,1-4H3,(H,29,33)/t20-,23+/m0/s1. The minimum Gasteiger partial charge on any atom is -0.493 e. The third-order valence-electron chi connectivity index (χ3n) is 6.05. The van der Waals surface area contributed by atoms with Crippen LogP contribution < -0.4 is 19.7 Å². The summed E-state index contributed by atoms with van der Waals surface area (Å²) < 4.78 is 16.5. The van der Waals surface area contributed by atoms with E-state index < -0.39 is 6.09 Å². The Kier molecular flexibility index (Phi) is 9.71. The number of allylic oxidation sites excluding steroid dienone is 3. The van der Waals surface area contributed by atoms with Crippen molar-refractivity contribution in [3.8, 4) is 11.5 Å². The number of hydrogen-bond acceptors (Lipinski definition) is 6. The lowest BCUT2D eigenvalue weighted by atomic mass is 9.90. The van der Waals surface area contributed by atoms with E-state index in [-0.39, 0.29) is 24.7 Å². The van der Waals surface area contributed by atoms with Crippen molar-refractivity contribution in [2.75, 3.05) is 25.7 Å². The summed E-state index contributed by atoms with van der Waals surface area (Å²) >= 11 is 0. The van der Waals surface area contributed by atoms with E-state index in [0.29, 0.717) is 36.4 Å². The third-order valence-corrected chi connectivity index (χ3v) is 6.05.